The van der Waals surface area contributed by atoms with Gasteiger partial charge in [0, 0.05) is 6.42 Å². The molecular weight excluding hydrogens is 270 g/mol. The van der Waals surface area contributed by atoms with Gasteiger partial charge >= 0.3 is 0 Å². The van der Waals surface area contributed by atoms with Crippen molar-refractivity contribution in [1.29, 1.82) is 0 Å². The molecule has 4 nitrogen and oxygen atoms in total. The molecule has 5 heteroatoms. The van der Waals surface area contributed by atoms with E-state index in [2.05, 4.69) is 24.0 Å². The summed E-state index contributed by atoms with van der Waals surface area (Å²) in [5, 5.41) is 4.63. The Kier molecular flexibility index (Phi) is 6.36. The highest BCUT2D eigenvalue weighted by molar-refractivity contribution is 7.99. The summed E-state index contributed by atoms with van der Waals surface area (Å²) in [5.41, 5.74) is 5.68. The van der Waals surface area contributed by atoms with Crippen molar-refractivity contribution in [3.05, 3.63) is 11.7 Å². The molecule has 20 heavy (non-hydrogen) atoms. The Balaban J connectivity index is 1.85. The van der Waals surface area contributed by atoms with Crippen molar-refractivity contribution < 1.29 is 4.52 Å². The second-order valence-electron chi connectivity index (χ2n) is 6.02. The van der Waals surface area contributed by atoms with Crippen LogP contribution in [0.4, 0.5) is 0 Å². The minimum Gasteiger partial charge on any atom is -0.339 e. The number of aromatic nitrogens is 2. The van der Waals surface area contributed by atoms with Gasteiger partial charge in [0.25, 0.3) is 0 Å². The SMILES string of the molecule is CC(C)C(CCN)CCc1nc(C2CCCCS2)no1. The van der Waals surface area contributed by atoms with Crippen LogP contribution in [0.1, 0.15) is 62.9 Å². The molecule has 0 bridgehead atoms. The zero-order valence-corrected chi connectivity index (χ0v) is 13.5. The van der Waals surface area contributed by atoms with Crippen LogP contribution < -0.4 is 5.73 Å². The highest BCUT2D eigenvalue weighted by Gasteiger charge is 2.22. The number of rotatable bonds is 7. The largest absolute Gasteiger partial charge is 0.339 e. The molecule has 0 saturated carbocycles. The average Bonchev–Trinajstić information content (AvgIpc) is 2.93. The highest BCUT2D eigenvalue weighted by Crippen LogP contribution is 2.36. The van der Waals surface area contributed by atoms with Crippen LogP contribution in [0.3, 0.4) is 0 Å². The Morgan fingerprint density at radius 2 is 2.20 bits per heavy atom. The van der Waals surface area contributed by atoms with E-state index in [4.69, 9.17) is 10.3 Å². The molecule has 2 unspecified atom stereocenters. The molecule has 0 spiro atoms. The molecule has 2 atom stereocenters. The fraction of sp³-hybridized carbons (Fsp3) is 0.867. The number of nitrogens with zero attached hydrogens (tertiary/aromatic N) is 2. The van der Waals surface area contributed by atoms with E-state index < -0.39 is 0 Å². The van der Waals surface area contributed by atoms with Gasteiger partial charge < -0.3 is 10.3 Å². The maximum atomic E-state index is 5.68. The number of hydrogen-bond donors (Lipinski definition) is 1. The first-order chi connectivity index (χ1) is 9.70. The van der Waals surface area contributed by atoms with Crippen LogP contribution in [0.5, 0.6) is 0 Å². The summed E-state index contributed by atoms with van der Waals surface area (Å²) in [5.74, 6) is 4.24. The molecule has 1 aromatic rings. The van der Waals surface area contributed by atoms with Gasteiger partial charge in [0.2, 0.25) is 5.89 Å². The number of aryl methyl sites for hydroxylation is 1. The van der Waals surface area contributed by atoms with E-state index in [9.17, 15) is 0 Å². The summed E-state index contributed by atoms with van der Waals surface area (Å²) in [4.78, 5) is 4.60. The zero-order valence-electron chi connectivity index (χ0n) is 12.7. The third kappa shape index (κ3) is 4.48. The Labute approximate surface area is 126 Å². The minimum atomic E-state index is 0.450. The summed E-state index contributed by atoms with van der Waals surface area (Å²) < 4.78 is 5.42. The van der Waals surface area contributed by atoms with Crippen molar-refractivity contribution in [2.75, 3.05) is 12.3 Å². The first-order valence-corrected chi connectivity index (χ1v) is 8.89. The van der Waals surface area contributed by atoms with Crippen molar-refractivity contribution >= 4 is 11.8 Å². The molecule has 1 aliphatic heterocycles. The second-order valence-corrected chi connectivity index (χ2v) is 7.33. The standard InChI is InChI=1S/C15H27N3OS/c1-11(2)12(8-9-16)6-7-14-17-15(18-19-14)13-5-3-4-10-20-13/h11-13H,3-10,16H2,1-2H3. The lowest BCUT2D eigenvalue weighted by atomic mass is 9.88. The monoisotopic (exact) mass is 297 g/mol. The van der Waals surface area contributed by atoms with E-state index >= 15 is 0 Å². The molecule has 2 heterocycles. The molecule has 1 saturated heterocycles. The molecule has 1 fully saturated rings. The van der Waals surface area contributed by atoms with Crippen LogP contribution in [0, 0.1) is 11.8 Å². The third-order valence-electron chi connectivity index (χ3n) is 4.16. The maximum Gasteiger partial charge on any atom is 0.226 e. The molecular formula is C15H27N3OS. The Morgan fingerprint density at radius 1 is 1.35 bits per heavy atom. The van der Waals surface area contributed by atoms with Gasteiger partial charge in [-0.1, -0.05) is 25.4 Å². The topological polar surface area (TPSA) is 64.9 Å². The normalized spacial score (nSPS) is 21.3. The van der Waals surface area contributed by atoms with Crippen LogP contribution in [-0.2, 0) is 6.42 Å². The van der Waals surface area contributed by atoms with E-state index in [1.165, 1.54) is 25.0 Å². The molecule has 1 aliphatic rings. The van der Waals surface area contributed by atoms with Gasteiger partial charge in [-0.05, 0) is 49.8 Å². The quantitative estimate of drug-likeness (QED) is 0.833. The van der Waals surface area contributed by atoms with E-state index in [-0.39, 0.29) is 0 Å². The predicted octanol–water partition coefficient (Wildman–Crippen LogP) is 3.58. The molecule has 0 aromatic carbocycles. The lowest BCUT2D eigenvalue weighted by Crippen LogP contribution is -2.15. The second kappa shape index (κ2) is 8.03. The average molecular weight is 297 g/mol. The predicted molar refractivity (Wildman–Crippen MR) is 83.7 cm³/mol. The summed E-state index contributed by atoms with van der Waals surface area (Å²) in [6, 6.07) is 0. The van der Waals surface area contributed by atoms with Gasteiger partial charge in [0.05, 0.1) is 5.25 Å². The van der Waals surface area contributed by atoms with Crippen LogP contribution in [0.25, 0.3) is 0 Å². The smallest absolute Gasteiger partial charge is 0.226 e. The molecule has 114 valence electrons. The third-order valence-corrected chi connectivity index (χ3v) is 5.53. The van der Waals surface area contributed by atoms with Gasteiger partial charge in [0.15, 0.2) is 5.82 Å². The van der Waals surface area contributed by atoms with Crippen molar-refractivity contribution in [3.8, 4) is 0 Å². The molecule has 0 amide bonds. The van der Waals surface area contributed by atoms with Crippen molar-refractivity contribution in [3.63, 3.8) is 0 Å². The van der Waals surface area contributed by atoms with Crippen molar-refractivity contribution in [2.24, 2.45) is 17.6 Å². The highest BCUT2D eigenvalue weighted by atomic mass is 32.2. The fourth-order valence-electron chi connectivity index (χ4n) is 2.78. The van der Waals surface area contributed by atoms with E-state index in [0.717, 1.165) is 37.5 Å². The fourth-order valence-corrected chi connectivity index (χ4v) is 4.01. The maximum absolute atomic E-state index is 5.68. The minimum absolute atomic E-state index is 0.450. The van der Waals surface area contributed by atoms with E-state index in [1.807, 2.05) is 11.8 Å². The number of thioether (sulfide) groups is 1. The van der Waals surface area contributed by atoms with E-state index in [0.29, 0.717) is 17.1 Å². The molecule has 1 aromatic heterocycles. The van der Waals surface area contributed by atoms with E-state index in [1.54, 1.807) is 0 Å². The van der Waals surface area contributed by atoms with Gasteiger partial charge in [-0.2, -0.15) is 16.7 Å². The summed E-state index contributed by atoms with van der Waals surface area (Å²) >= 11 is 1.97. The Morgan fingerprint density at radius 3 is 2.85 bits per heavy atom. The Bertz CT molecular complexity index is 388. The number of nitrogens with two attached hydrogens (primary N) is 1. The van der Waals surface area contributed by atoms with Gasteiger partial charge in [-0.3, -0.25) is 0 Å². The van der Waals surface area contributed by atoms with Crippen LogP contribution in [-0.4, -0.2) is 22.4 Å². The molecule has 0 radical (unpaired) electrons. The first kappa shape index (κ1) is 15.8. The molecule has 0 aliphatic carbocycles. The summed E-state index contributed by atoms with van der Waals surface area (Å²) in [6.07, 6.45) is 6.85. The summed E-state index contributed by atoms with van der Waals surface area (Å²) in [7, 11) is 0. The van der Waals surface area contributed by atoms with Crippen LogP contribution in [0.2, 0.25) is 0 Å². The van der Waals surface area contributed by atoms with Gasteiger partial charge in [-0.15, -0.1) is 0 Å². The lowest BCUT2D eigenvalue weighted by molar-refractivity contribution is 0.312. The van der Waals surface area contributed by atoms with Gasteiger partial charge in [0.1, 0.15) is 0 Å². The van der Waals surface area contributed by atoms with Gasteiger partial charge in [-0.25, -0.2) is 0 Å². The van der Waals surface area contributed by atoms with Crippen LogP contribution in [0.15, 0.2) is 4.52 Å². The Hall–Kier alpha value is -0.550. The zero-order chi connectivity index (χ0) is 14.4. The molecule has 2 rings (SSSR count). The molecule has 2 N–H and O–H groups in total. The first-order valence-electron chi connectivity index (χ1n) is 7.85. The van der Waals surface area contributed by atoms with Crippen molar-refractivity contribution in [2.45, 2.75) is 57.6 Å². The van der Waals surface area contributed by atoms with Crippen molar-refractivity contribution in [1.82, 2.24) is 10.1 Å². The van der Waals surface area contributed by atoms with Crippen LogP contribution >= 0.6 is 11.8 Å². The number of hydrogen-bond acceptors (Lipinski definition) is 5. The summed E-state index contributed by atoms with van der Waals surface area (Å²) in [6.45, 7) is 5.28. The lowest BCUT2D eigenvalue weighted by Gasteiger charge is -2.19.